The Morgan fingerprint density at radius 2 is 0.651 bits per heavy atom. The van der Waals surface area contributed by atoms with E-state index in [9.17, 15) is 79.2 Å². The monoisotopic (exact) mass is 1850 g/mol. The van der Waals surface area contributed by atoms with Crippen LogP contribution in [0.2, 0.25) is 20.1 Å². The Hall–Kier alpha value is -12.1. The highest BCUT2D eigenvalue weighted by Crippen LogP contribution is 2.50. The second-order valence-corrected chi connectivity index (χ2v) is 33.2. The molecule has 4 aliphatic rings. The van der Waals surface area contributed by atoms with E-state index in [4.69, 9.17) is 87.8 Å². The van der Waals surface area contributed by atoms with Crippen LogP contribution >= 0.6 is 46.4 Å². The third-order valence-corrected chi connectivity index (χ3v) is 24.0. The summed E-state index contributed by atoms with van der Waals surface area (Å²) in [4.78, 5) is 108. The number of likely N-dealkylation sites (tertiary alicyclic amines) is 4. The summed E-state index contributed by atoms with van der Waals surface area (Å²) < 4.78 is 55.5. The van der Waals surface area contributed by atoms with E-state index >= 15 is 0 Å². The Morgan fingerprint density at radius 3 is 0.891 bits per heavy atom. The summed E-state index contributed by atoms with van der Waals surface area (Å²) in [6.07, 6.45) is -3.82. The highest BCUT2D eigenvalue weighted by Gasteiger charge is 2.40. The molecular weight excluding hydrogens is 1760 g/mol. The highest BCUT2D eigenvalue weighted by atomic mass is 35.5. The first-order chi connectivity index (χ1) is 61.6. The predicted molar refractivity (Wildman–Crippen MR) is 484 cm³/mol. The van der Waals surface area contributed by atoms with E-state index in [0.717, 1.165) is 7.11 Å². The molecule has 4 aromatic heterocycles. The number of rotatable bonds is 14. The number of β-amino-alcohol motifs (C(OH)–C–C–N with tert-alkyl or cyclic N) is 4. The lowest BCUT2D eigenvalue weighted by Crippen LogP contribution is -2.40. The SMILES string of the molecule is CC(=O)Oc1cc(O)c2c(=O)cc(-c3ccccc3Cl)oc2c1[C@H]1CCN(C)C[C@H]1O.CCNC(=O)Oc1cc(O)c2c(=O)cc(-c3ccccc3Cl)oc2c1[C@H]1CCN(C)C[C@H]1O.CCOC(=O)Oc1cc(O)c2c(=O)cc(-c3ccccc3Cl)oc2c1[C@H]1CCN(C)C[C@H]1O.COC(=O)Oc1cc(O)c2c(=O)cc(-c3ccccc3Cl)oc2c1[C@H]1CCN(C)C[C@H]1O. The quantitative estimate of drug-likeness (QED) is 0.0277. The van der Waals surface area contributed by atoms with Crippen LogP contribution in [0.5, 0.6) is 46.0 Å². The molecular formula is C94H93Cl4N5O26. The molecule has 0 unspecified atom stereocenters. The number of aliphatic hydroxyl groups is 4. The molecule has 35 heteroatoms. The molecule has 0 radical (unpaired) electrons. The minimum Gasteiger partial charge on any atom is -0.507 e. The molecule has 8 heterocycles. The number of likely N-dealkylation sites (N-methyl/N-ethyl adjacent to an activating group) is 4. The number of hydrogen-bond donors (Lipinski definition) is 9. The first-order valence-corrected chi connectivity index (χ1v) is 42.7. The molecule has 0 saturated carbocycles. The van der Waals surface area contributed by atoms with Gasteiger partial charge in [-0.2, -0.15) is 0 Å². The minimum atomic E-state index is -1.00. The Labute approximate surface area is 756 Å². The molecule has 9 N–H and O–H groups in total. The number of aromatic hydroxyl groups is 4. The highest BCUT2D eigenvalue weighted by molar-refractivity contribution is 6.34. The molecule has 4 aliphatic heterocycles. The van der Waals surface area contributed by atoms with Crippen molar-refractivity contribution in [3.8, 4) is 91.3 Å². The zero-order valence-corrected chi connectivity index (χ0v) is 74.1. The van der Waals surface area contributed by atoms with Crippen LogP contribution in [0.1, 0.15) is 92.4 Å². The predicted octanol–water partition coefficient (Wildman–Crippen LogP) is 15.1. The number of nitrogens with one attached hydrogen (secondary N) is 1. The molecule has 31 nitrogen and oxygen atoms in total. The smallest absolute Gasteiger partial charge is 0.507 e. The molecule has 8 atom stereocenters. The average molecular weight is 1850 g/mol. The summed E-state index contributed by atoms with van der Waals surface area (Å²) in [7, 11) is 8.73. The summed E-state index contributed by atoms with van der Waals surface area (Å²) in [5.41, 5.74) is 1.64. The molecule has 129 heavy (non-hydrogen) atoms. The zero-order valence-electron chi connectivity index (χ0n) is 71.1. The summed E-state index contributed by atoms with van der Waals surface area (Å²) in [6.45, 7) is 9.30. The molecule has 678 valence electrons. The number of fused-ring (bicyclic) bond motifs is 4. The molecule has 0 aliphatic carbocycles. The number of hydrogen-bond acceptors (Lipinski definition) is 30. The average Bonchev–Trinajstić information content (AvgIpc) is 0.761. The molecule has 4 fully saturated rings. The van der Waals surface area contributed by atoms with Gasteiger partial charge in [0.1, 0.15) is 113 Å². The molecule has 0 spiro atoms. The van der Waals surface area contributed by atoms with Gasteiger partial charge in [-0.3, -0.25) is 24.0 Å². The maximum absolute atomic E-state index is 13.1. The van der Waals surface area contributed by atoms with Crippen molar-refractivity contribution in [3.63, 3.8) is 0 Å². The number of ether oxygens (including phenoxy) is 6. The first kappa shape index (κ1) is 94.5. The van der Waals surface area contributed by atoms with Gasteiger partial charge in [-0.15, -0.1) is 0 Å². The van der Waals surface area contributed by atoms with E-state index in [-0.39, 0.29) is 108 Å². The third-order valence-electron chi connectivity index (χ3n) is 22.7. The van der Waals surface area contributed by atoms with Crippen molar-refractivity contribution in [3.05, 3.63) is 229 Å². The number of esters is 1. The van der Waals surface area contributed by atoms with Gasteiger partial charge in [-0.05, 0) is 142 Å². The number of nitrogens with zero attached hydrogens (tertiary/aromatic N) is 4. The fraction of sp³-hybridized carbons (Fsp3) is 0.319. The Balaban J connectivity index is 0.000000147. The van der Waals surface area contributed by atoms with Crippen LogP contribution in [-0.2, 0) is 14.3 Å². The van der Waals surface area contributed by atoms with Gasteiger partial charge < -0.3 is 112 Å². The van der Waals surface area contributed by atoms with Crippen LogP contribution in [0.4, 0.5) is 14.4 Å². The Bertz CT molecular complexity index is 6320. The molecule has 4 saturated heterocycles. The number of phenolic OH excluding ortho intramolecular Hbond substituents is 4. The van der Waals surface area contributed by atoms with Crippen LogP contribution in [0, 0.1) is 0 Å². The van der Waals surface area contributed by atoms with Crippen LogP contribution in [-0.4, -0.2) is 210 Å². The molecule has 16 rings (SSSR count). The number of phenols is 4. The van der Waals surface area contributed by atoms with Gasteiger partial charge in [0.25, 0.3) is 0 Å². The van der Waals surface area contributed by atoms with Crippen molar-refractivity contribution >= 4 is 115 Å². The van der Waals surface area contributed by atoms with Crippen molar-refractivity contribution in [2.75, 3.05) is 101 Å². The molecule has 8 aromatic carbocycles. The topological polar surface area (TPSA) is 431 Å². The van der Waals surface area contributed by atoms with Crippen molar-refractivity contribution < 1.29 is 106 Å². The number of carbonyl (C=O) groups is 4. The lowest BCUT2D eigenvalue weighted by molar-refractivity contribution is -0.132. The first-order valence-electron chi connectivity index (χ1n) is 41.2. The lowest BCUT2D eigenvalue weighted by Gasteiger charge is -2.34. The number of amides is 1. The van der Waals surface area contributed by atoms with Gasteiger partial charge in [0.05, 0.1) is 58.2 Å². The van der Waals surface area contributed by atoms with Crippen LogP contribution in [0.25, 0.3) is 89.2 Å². The van der Waals surface area contributed by atoms with Gasteiger partial charge >= 0.3 is 24.4 Å². The molecule has 12 aromatic rings. The van der Waals surface area contributed by atoms with Gasteiger partial charge in [0, 0.05) is 156 Å². The standard InChI is InChI=1S/C24H25ClN2O6.C24H24ClNO7.C23H22ClNO7.C23H22ClNO6/c1-3-26-24(31)33-20-11-17(29)22-16(28)10-19(13-6-4-5-7-15(13)25)32-23(22)21(20)14-8-9-27(2)12-18(14)30;1-3-31-24(30)33-20-11-17(28)22-16(27)10-19(13-6-4-5-7-15(13)25)32-23(22)21(20)14-8-9-26(2)12-18(14)29;1-25-8-7-13(17(28)11-25)20-19(32-23(29)30-2)10-16(27)21-15(26)9-18(31-22(20)21)12-5-3-4-6-14(12)24;1-12(26)30-20-10-17(28)22-16(27)9-19(13-5-3-4-6-15(13)24)31-23(22)21(20)14-7-8-25(2)11-18(14)29/h4-7,10-11,14,18,29-30H,3,8-9,12H2,1-2H3,(H,26,31);4-7,10-11,14,18,28-29H,3,8-9,12H2,1-2H3;3-6,9-10,13,17,27-28H,7-8,11H2,1-2H3;3-6,9-10,14,18,28-29H,7-8,11H2,1-2H3/t2*14-,18+;13-,17+;14-,18+/m0000/s1. The number of halogens is 4. The summed E-state index contributed by atoms with van der Waals surface area (Å²) >= 11 is 25.2. The number of benzene rings is 8. The van der Waals surface area contributed by atoms with E-state index in [2.05, 4.69) is 10.1 Å². The second kappa shape index (κ2) is 41.1. The lowest BCUT2D eigenvalue weighted by atomic mass is 9.85. The maximum atomic E-state index is 13.1. The Kier molecular flexibility index (Phi) is 30.1. The van der Waals surface area contributed by atoms with Gasteiger partial charge in [-0.1, -0.05) is 94.9 Å². The molecule has 0 bridgehead atoms. The summed E-state index contributed by atoms with van der Waals surface area (Å²) in [5, 5.41) is 89.6. The van der Waals surface area contributed by atoms with E-state index in [1.807, 2.05) is 47.8 Å². The van der Waals surface area contributed by atoms with E-state index in [1.165, 1.54) is 55.5 Å². The maximum Gasteiger partial charge on any atom is 0.513 e. The summed E-state index contributed by atoms with van der Waals surface area (Å²) in [6, 6.07) is 37.4. The second-order valence-electron chi connectivity index (χ2n) is 31.6. The van der Waals surface area contributed by atoms with Crippen LogP contribution in [0.3, 0.4) is 0 Å². The van der Waals surface area contributed by atoms with Crippen LogP contribution < -0.4 is 46.0 Å². The minimum absolute atomic E-state index is 0.0269. The van der Waals surface area contributed by atoms with Crippen molar-refractivity contribution in [1.29, 1.82) is 0 Å². The fourth-order valence-electron chi connectivity index (χ4n) is 16.7. The number of aliphatic hydroxyl groups excluding tert-OH is 4. The van der Waals surface area contributed by atoms with E-state index in [1.54, 1.807) is 111 Å². The van der Waals surface area contributed by atoms with E-state index in [0.29, 0.717) is 149 Å². The van der Waals surface area contributed by atoms with Crippen molar-refractivity contribution in [2.45, 2.75) is 94.5 Å². The summed E-state index contributed by atoms with van der Waals surface area (Å²) in [5.74, 6) is -3.33. The number of carbonyl (C=O) groups excluding carboxylic acids is 4. The van der Waals surface area contributed by atoms with Gasteiger partial charge in [0.15, 0.2) is 21.7 Å². The fourth-order valence-corrected chi connectivity index (χ4v) is 17.6. The van der Waals surface area contributed by atoms with Gasteiger partial charge in [-0.25, -0.2) is 14.4 Å². The molecule has 1 amide bonds. The Morgan fingerprint density at radius 1 is 0.395 bits per heavy atom. The van der Waals surface area contributed by atoms with Crippen molar-refractivity contribution in [2.24, 2.45) is 0 Å². The van der Waals surface area contributed by atoms with Crippen molar-refractivity contribution in [1.82, 2.24) is 24.9 Å². The largest absolute Gasteiger partial charge is 0.513 e. The third kappa shape index (κ3) is 21.0. The van der Waals surface area contributed by atoms with E-state index < -0.39 is 106 Å². The normalized spacial score (nSPS) is 19.1. The number of methoxy groups -OCH3 is 1. The van der Waals surface area contributed by atoms with Gasteiger partial charge in [0.2, 0.25) is 0 Å². The zero-order chi connectivity index (χ0) is 92.7. The number of piperidine rings is 4. The van der Waals surface area contributed by atoms with Crippen LogP contribution in [0.15, 0.2) is 182 Å².